The summed E-state index contributed by atoms with van der Waals surface area (Å²) in [6, 6.07) is 25.2. The van der Waals surface area contributed by atoms with E-state index >= 15 is 0 Å². The van der Waals surface area contributed by atoms with Gasteiger partial charge in [-0.3, -0.25) is 5.43 Å². The Morgan fingerprint density at radius 2 is 0.702 bits per heavy atom. The van der Waals surface area contributed by atoms with Gasteiger partial charge in [0.05, 0.1) is 33.7 Å². The highest BCUT2D eigenvalue weighted by molar-refractivity contribution is 6.05. The van der Waals surface area contributed by atoms with Crippen molar-refractivity contribution in [2.45, 2.75) is 34.1 Å². The van der Waals surface area contributed by atoms with Crippen LogP contribution in [-0.4, -0.2) is 180 Å². The van der Waals surface area contributed by atoms with E-state index in [2.05, 4.69) is 102 Å². The fourth-order valence-electron chi connectivity index (χ4n) is 8.93. The molecule has 0 unspecified atom stereocenters. The number of benzene rings is 4. The van der Waals surface area contributed by atoms with Crippen LogP contribution in [0.5, 0.6) is 0 Å². The maximum absolute atomic E-state index is 11.5. The fraction of sp³-hybridized carbons (Fsp3) is 0.258. The van der Waals surface area contributed by atoms with Gasteiger partial charge in [-0.15, -0.1) is 53.3 Å². The van der Waals surface area contributed by atoms with Crippen molar-refractivity contribution in [3.63, 3.8) is 0 Å². The number of carboxylic acid groups (broad SMARTS) is 4. The monoisotopic (exact) mass is 1280 g/mol. The van der Waals surface area contributed by atoms with Crippen LogP contribution in [0.3, 0.4) is 0 Å². The summed E-state index contributed by atoms with van der Waals surface area (Å²) in [4.78, 5) is 84.8. The average Bonchev–Trinajstić information content (AvgIpc) is 0.854. The van der Waals surface area contributed by atoms with Gasteiger partial charge in [-0.05, 0) is 92.9 Å². The van der Waals surface area contributed by atoms with E-state index in [4.69, 9.17) is 36.0 Å². The lowest BCUT2D eigenvalue weighted by atomic mass is 9.95. The number of carbonyl (C=O) groups is 4. The zero-order chi connectivity index (χ0) is 68.9. The molecular weight excluding hydrogens is 1200 g/mol. The third kappa shape index (κ3) is 19.9. The Bertz CT molecular complexity index is 3680. The molecule has 0 spiro atoms. The summed E-state index contributed by atoms with van der Waals surface area (Å²) < 4.78 is 0. The normalized spacial score (nSPS) is 11.1. The smallest absolute Gasteiger partial charge is 0.335 e. The van der Waals surface area contributed by atoms with Gasteiger partial charge in [0.1, 0.15) is 0 Å². The summed E-state index contributed by atoms with van der Waals surface area (Å²) in [6.45, 7) is 33.9. The second-order valence-corrected chi connectivity index (χ2v) is 20.2. The van der Waals surface area contributed by atoms with Gasteiger partial charge in [0, 0.05) is 108 Å². The summed E-state index contributed by atoms with van der Waals surface area (Å²) in [5.74, 6) is -0.0163. The molecule has 0 saturated heterocycles. The topological polar surface area (TPSA) is 370 Å². The minimum Gasteiger partial charge on any atom is -0.478 e. The molecule has 0 aliphatic carbocycles. The summed E-state index contributed by atoms with van der Waals surface area (Å²) in [6.07, 6.45) is 9.58. The van der Waals surface area contributed by atoms with Crippen LogP contribution in [0.1, 0.15) is 86.7 Å². The molecule has 4 aromatic carbocycles. The van der Waals surface area contributed by atoms with Crippen LogP contribution in [0.4, 0.5) is 35.7 Å². The van der Waals surface area contributed by atoms with Gasteiger partial charge in [0.2, 0.25) is 47.3 Å². The van der Waals surface area contributed by atoms with Crippen molar-refractivity contribution in [3.8, 4) is 22.8 Å². The number of nitrogens with one attached hydrogen (secondary N) is 1. The maximum atomic E-state index is 11.5. The van der Waals surface area contributed by atoms with E-state index in [9.17, 15) is 29.4 Å². The molecule has 0 amide bonds. The predicted molar refractivity (Wildman–Crippen MR) is 363 cm³/mol. The third-order valence-electron chi connectivity index (χ3n) is 14.0. The lowest BCUT2D eigenvalue weighted by Gasteiger charge is -2.28. The highest BCUT2D eigenvalue weighted by Crippen LogP contribution is 2.29. The van der Waals surface area contributed by atoms with E-state index < -0.39 is 23.9 Å². The summed E-state index contributed by atoms with van der Waals surface area (Å²) >= 11 is 0. The zero-order valence-corrected chi connectivity index (χ0v) is 53.4. The van der Waals surface area contributed by atoms with Crippen molar-refractivity contribution < 1.29 is 39.6 Å². The minimum atomic E-state index is -1.01. The Morgan fingerprint density at radius 1 is 0.426 bits per heavy atom. The molecule has 8 rings (SSSR count). The molecule has 0 radical (unpaired) electrons. The molecule has 488 valence electrons. The van der Waals surface area contributed by atoms with Gasteiger partial charge in [0.15, 0.2) is 0 Å². The van der Waals surface area contributed by atoms with Crippen molar-refractivity contribution in [3.05, 3.63) is 199 Å². The van der Waals surface area contributed by atoms with Gasteiger partial charge < -0.3 is 49.8 Å². The van der Waals surface area contributed by atoms with E-state index in [0.29, 0.717) is 106 Å². The summed E-state index contributed by atoms with van der Waals surface area (Å²) in [5, 5.41) is 68.9. The quantitative estimate of drug-likeness (QED) is 0.0207. The van der Waals surface area contributed by atoms with Crippen LogP contribution in [0.15, 0.2) is 171 Å². The number of hydrogen-bond donors (Lipinski definition) is 5. The van der Waals surface area contributed by atoms with Crippen molar-refractivity contribution in [2.24, 2.45) is 5.10 Å². The van der Waals surface area contributed by atoms with Gasteiger partial charge in [-0.25, -0.2) is 19.2 Å². The first kappa shape index (κ1) is 72.6. The molecule has 0 saturated carbocycles. The first-order valence-corrected chi connectivity index (χ1v) is 29.5. The molecule has 28 heteroatoms. The molecule has 1 aliphatic rings. The van der Waals surface area contributed by atoms with Crippen molar-refractivity contribution in [1.82, 2.24) is 55.7 Å². The Morgan fingerprint density at radius 3 is 0.989 bits per heavy atom. The van der Waals surface area contributed by atoms with E-state index in [1.165, 1.54) is 24.3 Å². The van der Waals surface area contributed by atoms with E-state index in [0.717, 1.165) is 41.2 Å². The van der Waals surface area contributed by atoms with Gasteiger partial charge >= 0.3 is 23.9 Å². The number of aromatic carboxylic acids is 4. The van der Waals surface area contributed by atoms with Gasteiger partial charge in [-0.2, -0.15) is 35.0 Å². The Labute approximate surface area is 545 Å². The van der Waals surface area contributed by atoms with Crippen LogP contribution in [-0.2, 0) is 0 Å². The van der Waals surface area contributed by atoms with Crippen LogP contribution in [0.2, 0.25) is 0 Å². The first-order chi connectivity index (χ1) is 45.3. The van der Waals surface area contributed by atoms with Crippen molar-refractivity contribution >= 4 is 71.0 Å². The van der Waals surface area contributed by atoms with Crippen molar-refractivity contribution in [1.29, 1.82) is 10.8 Å². The first-order valence-electron chi connectivity index (χ1n) is 29.5. The number of aromatic nitrogens is 10. The molecule has 28 nitrogen and oxygen atoms in total. The van der Waals surface area contributed by atoms with Crippen LogP contribution >= 0.6 is 0 Å². The number of hydrogen-bond acceptors (Lipinski definition) is 24. The summed E-state index contributed by atoms with van der Waals surface area (Å²) in [7, 11) is 3.85. The number of rotatable bonds is 30. The molecule has 5 N–H and O–H groups in total. The minimum absolute atomic E-state index is 0.162. The number of nitrogens with zero attached hydrogens (tertiary/aromatic N) is 19. The highest BCUT2D eigenvalue weighted by atomic mass is 16.4. The molecule has 3 aromatic heterocycles. The second-order valence-electron chi connectivity index (χ2n) is 20.2. The van der Waals surface area contributed by atoms with Crippen LogP contribution in [0, 0.1) is 10.8 Å². The molecular formula is C66H76N20O8. The van der Waals surface area contributed by atoms with Crippen LogP contribution in [0.25, 0.3) is 28.5 Å². The number of likely N-dealkylation sites (N-methyl/N-ethyl adjacent to an activating group) is 6. The predicted octanol–water partition coefficient (Wildman–Crippen LogP) is 9.08. The molecule has 0 bridgehead atoms. The van der Waals surface area contributed by atoms with Gasteiger partial charge in [-0.1, -0.05) is 78.9 Å². The molecule has 7 aromatic rings. The Kier molecular flexibility index (Phi) is 28.2. The lowest BCUT2D eigenvalue weighted by Crippen LogP contribution is -2.32. The molecule has 94 heavy (non-hydrogen) atoms. The molecule has 0 atom stereocenters. The number of anilines is 6. The van der Waals surface area contributed by atoms with E-state index in [1.807, 2.05) is 77.9 Å². The fourth-order valence-corrected chi connectivity index (χ4v) is 8.93. The van der Waals surface area contributed by atoms with Crippen LogP contribution < -0.4 is 34.8 Å². The summed E-state index contributed by atoms with van der Waals surface area (Å²) in [5.41, 5.74) is 9.02. The highest BCUT2D eigenvalue weighted by Gasteiger charge is 2.24. The van der Waals surface area contributed by atoms with Gasteiger partial charge in [0.25, 0.3) is 0 Å². The lowest BCUT2D eigenvalue weighted by molar-refractivity contribution is 0.0686. The van der Waals surface area contributed by atoms with E-state index in [-0.39, 0.29) is 33.9 Å². The standard InChI is InChI=1S/C33H38N8O4.C17H28N6.C16H10N4O4.N2/c1-6-18-40(8-3)32-34-31(35-33(36-32)41(9-4)19-7-2)39(5)21-26-20-27(22-10-14-24(15-11-22)29(42)43)37-38-28(26)23-12-16-25(17-13-23)30(44)45;1-7-12-21(6)15-18-16(22(10-4)13-8-2)20-17(19-15)23(11-5)14-9-3;21-15(22)11-5-1-9(2-6-11)13-17-19-14(20-18-13)10-3-7-12(8-4-10)16(23)24;1-2/h6-7,10-17,38H,1-2,8-9,18-21H2,3-5H3,(H,42,43)(H,44,45);7-9H,1-3,10-14H2,4-6H3;1-8H,(H,21,22)(H,23,24);. The Balaban J connectivity index is 0.000000275. The maximum Gasteiger partial charge on any atom is 0.335 e. The van der Waals surface area contributed by atoms with Crippen molar-refractivity contribution in [2.75, 3.05) is 109 Å². The van der Waals surface area contributed by atoms with E-state index in [1.54, 1.807) is 72.8 Å². The largest absolute Gasteiger partial charge is 0.478 e. The second kappa shape index (κ2) is 36.5. The third-order valence-corrected chi connectivity index (χ3v) is 14.0. The molecule has 4 heterocycles. The molecule has 1 aliphatic heterocycles. The Hall–Kier alpha value is -12.2. The molecule has 0 fully saturated rings. The average molecular weight is 1280 g/mol. The SMILES string of the molecule is C=CCN(C)c1nc(N(CC)CC=C)nc(N(CC)CC=C)n1.C=CCN(CC)c1nc(N(C)CC2=C(c3ccc(C(=O)O)cc3)NN=C(c3ccc(C(=O)O)cc3)C2)nc(N(CC)CC=C)n1.N#N.O=C(O)c1ccc(-c2nnc(-c3ccc(C(=O)O)cc3)nn2)cc1. The number of carboxylic acids is 4. The number of hydrazone groups is 1. The zero-order valence-electron chi connectivity index (χ0n) is 53.4.